The van der Waals surface area contributed by atoms with Crippen LogP contribution in [0.15, 0.2) is 24.3 Å². The highest BCUT2D eigenvalue weighted by molar-refractivity contribution is 6.18. The lowest BCUT2D eigenvalue weighted by atomic mass is 10.0. The molecule has 0 saturated heterocycles. The summed E-state index contributed by atoms with van der Waals surface area (Å²) in [6, 6.07) is 8.41. The highest BCUT2D eigenvalue weighted by atomic mass is 35.5. The minimum absolute atomic E-state index is 0.224. The van der Waals surface area contributed by atoms with Gasteiger partial charge in [-0.1, -0.05) is 38.1 Å². The molecule has 4 heteroatoms. The largest absolute Gasteiger partial charge is 0.364 e. The van der Waals surface area contributed by atoms with Gasteiger partial charge in [0.15, 0.2) is 5.82 Å². The van der Waals surface area contributed by atoms with Crippen LogP contribution in [0.25, 0.3) is 10.8 Å². The van der Waals surface area contributed by atoms with E-state index in [9.17, 15) is 0 Å². The maximum atomic E-state index is 6.03. The smallest absolute Gasteiger partial charge is 0.156 e. The van der Waals surface area contributed by atoms with E-state index in [4.69, 9.17) is 11.6 Å². The fraction of sp³-hybridized carbons (Fsp3) is 0.467. The van der Waals surface area contributed by atoms with Crippen LogP contribution in [0, 0.1) is 12.8 Å². The number of anilines is 1. The third-order valence-electron chi connectivity index (χ3n) is 3.16. The number of halogens is 1. The molecule has 0 bridgehead atoms. The first kappa shape index (κ1) is 14.1. The highest BCUT2D eigenvalue weighted by Crippen LogP contribution is 2.23. The molecule has 0 aliphatic rings. The lowest BCUT2D eigenvalue weighted by Gasteiger charge is -2.19. The van der Waals surface area contributed by atoms with Crippen LogP contribution >= 0.6 is 11.6 Å². The molecule has 2 rings (SSSR count). The minimum Gasteiger partial charge on any atom is -0.364 e. The standard InChI is InChI=1S/C15H20ClN3/c1-10(2)8-12(9-16)17-15-14-7-5-4-6-13(14)11(3)18-19-15/h4-7,10,12H,8-9H2,1-3H3,(H,17,19). The van der Waals surface area contributed by atoms with Gasteiger partial charge in [0.2, 0.25) is 0 Å². The molecule has 0 amide bonds. The molecular formula is C15H20ClN3. The number of nitrogens with one attached hydrogen (secondary N) is 1. The van der Waals surface area contributed by atoms with E-state index in [-0.39, 0.29) is 6.04 Å². The van der Waals surface area contributed by atoms with E-state index in [1.54, 1.807) is 0 Å². The molecule has 19 heavy (non-hydrogen) atoms. The van der Waals surface area contributed by atoms with E-state index in [1.165, 1.54) is 0 Å². The number of rotatable bonds is 5. The molecule has 1 atom stereocenters. The van der Waals surface area contributed by atoms with E-state index in [1.807, 2.05) is 19.1 Å². The van der Waals surface area contributed by atoms with E-state index in [0.29, 0.717) is 11.8 Å². The lowest BCUT2D eigenvalue weighted by Crippen LogP contribution is -2.24. The molecule has 1 N–H and O–H groups in total. The number of alkyl halides is 1. The van der Waals surface area contributed by atoms with Crippen LogP contribution in [0.1, 0.15) is 26.0 Å². The fourth-order valence-corrected chi connectivity index (χ4v) is 2.47. The van der Waals surface area contributed by atoms with Crippen LogP contribution in [-0.2, 0) is 0 Å². The van der Waals surface area contributed by atoms with Crippen molar-refractivity contribution < 1.29 is 0 Å². The molecule has 1 unspecified atom stereocenters. The van der Waals surface area contributed by atoms with Crippen LogP contribution in [-0.4, -0.2) is 22.1 Å². The zero-order chi connectivity index (χ0) is 13.8. The Kier molecular flexibility index (Phi) is 4.59. The highest BCUT2D eigenvalue weighted by Gasteiger charge is 2.13. The third kappa shape index (κ3) is 3.35. The number of aromatic nitrogens is 2. The van der Waals surface area contributed by atoms with Crippen LogP contribution in [0.2, 0.25) is 0 Å². The first-order valence-electron chi connectivity index (χ1n) is 6.66. The van der Waals surface area contributed by atoms with Gasteiger partial charge in [0.05, 0.1) is 5.69 Å². The van der Waals surface area contributed by atoms with E-state index in [2.05, 4.69) is 41.5 Å². The molecule has 1 aromatic heterocycles. The van der Waals surface area contributed by atoms with Gasteiger partial charge < -0.3 is 5.32 Å². The second kappa shape index (κ2) is 6.20. The molecule has 1 heterocycles. The maximum absolute atomic E-state index is 6.03. The summed E-state index contributed by atoms with van der Waals surface area (Å²) in [5, 5.41) is 14.2. The first-order valence-corrected chi connectivity index (χ1v) is 7.19. The van der Waals surface area contributed by atoms with Gasteiger partial charge >= 0.3 is 0 Å². The summed E-state index contributed by atoms with van der Waals surface area (Å²) in [7, 11) is 0. The number of hydrogen-bond donors (Lipinski definition) is 1. The second-order valence-electron chi connectivity index (χ2n) is 5.30. The summed E-state index contributed by atoms with van der Waals surface area (Å²) in [4.78, 5) is 0. The Hall–Kier alpha value is -1.35. The molecular weight excluding hydrogens is 258 g/mol. The molecule has 0 aliphatic heterocycles. The van der Waals surface area contributed by atoms with Gasteiger partial charge in [-0.3, -0.25) is 0 Å². The molecule has 0 spiro atoms. The second-order valence-corrected chi connectivity index (χ2v) is 5.61. The van der Waals surface area contributed by atoms with Crippen LogP contribution in [0.5, 0.6) is 0 Å². The average Bonchev–Trinajstić information content (AvgIpc) is 2.41. The van der Waals surface area contributed by atoms with Crippen LogP contribution in [0.3, 0.4) is 0 Å². The predicted molar refractivity (Wildman–Crippen MR) is 81.9 cm³/mol. The zero-order valence-electron chi connectivity index (χ0n) is 11.7. The summed E-state index contributed by atoms with van der Waals surface area (Å²) in [6.45, 7) is 6.37. The Morgan fingerprint density at radius 1 is 1.16 bits per heavy atom. The third-order valence-corrected chi connectivity index (χ3v) is 3.53. The molecule has 0 saturated carbocycles. The number of aryl methyl sites for hydroxylation is 1. The van der Waals surface area contributed by atoms with E-state index >= 15 is 0 Å². The van der Waals surface area contributed by atoms with Crippen molar-refractivity contribution in [2.45, 2.75) is 33.2 Å². The van der Waals surface area contributed by atoms with Gasteiger partial charge in [0.1, 0.15) is 0 Å². The predicted octanol–water partition coefficient (Wildman–Crippen LogP) is 4.00. The molecule has 3 nitrogen and oxygen atoms in total. The Balaban J connectivity index is 2.32. The Labute approximate surface area is 119 Å². The van der Waals surface area contributed by atoms with Gasteiger partial charge in [-0.25, -0.2) is 0 Å². The van der Waals surface area contributed by atoms with Crippen molar-refractivity contribution in [1.29, 1.82) is 0 Å². The van der Waals surface area contributed by atoms with Gasteiger partial charge in [0, 0.05) is 22.7 Å². The van der Waals surface area contributed by atoms with Gasteiger partial charge in [0.25, 0.3) is 0 Å². The Morgan fingerprint density at radius 2 is 1.84 bits per heavy atom. The van der Waals surface area contributed by atoms with Crippen molar-refractivity contribution in [3.05, 3.63) is 30.0 Å². The zero-order valence-corrected chi connectivity index (χ0v) is 12.4. The molecule has 2 aromatic rings. The van der Waals surface area contributed by atoms with Crippen molar-refractivity contribution in [1.82, 2.24) is 10.2 Å². The molecule has 0 radical (unpaired) electrons. The fourth-order valence-electron chi connectivity index (χ4n) is 2.27. The normalized spacial score (nSPS) is 12.9. The Bertz CT molecular complexity index is 554. The summed E-state index contributed by atoms with van der Waals surface area (Å²) in [5.41, 5.74) is 0.951. The van der Waals surface area contributed by atoms with Gasteiger partial charge in [-0.15, -0.1) is 16.7 Å². The van der Waals surface area contributed by atoms with Gasteiger partial charge in [-0.2, -0.15) is 5.10 Å². The summed E-state index contributed by atoms with van der Waals surface area (Å²) >= 11 is 6.03. The number of fused-ring (bicyclic) bond motifs is 1. The van der Waals surface area contributed by atoms with Crippen LogP contribution < -0.4 is 5.32 Å². The van der Waals surface area contributed by atoms with Crippen molar-refractivity contribution in [2.75, 3.05) is 11.2 Å². The van der Waals surface area contributed by atoms with Gasteiger partial charge in [-0.05, 0) is 19.3 Å². The van der Waals surface area contributed by atoms with Crippen molar-refractivity contribution in [3.63, 3.8) is 0 Å². The van der Waals surface area contributed by atoms with Crippen molar-refractivity contribution in [2.24, 2.45) is 5.92 Å². The Morgan fingerprint density at radius 3 is 2.47 bits per heavy atom. The average molecular weight is 278 g/mol. The monoisotopic (exact) mass is 277 g/mol. The summed E-state index contributed by atoms with van der Waals surface area (Å²) in [6.07, 6.45) is 1.02. The minimum atomic E-state index is 0.224. The summed E-state index contributed by atoms with van der Waals surface area (Å²) in [5.74, 6) is 2.00. The SMILES string of the molecule is Cc1nnc(NC(CCl)CC(C)C)c2ccccc12. The van der Waals surface area contributed by atoms with E-state index in [0.717, 1.165) is 28.7 Å². The molecule has 0 aliphatic carbocycles. The number of benzene rings is 1. The number of hydrogen-bond acceptors (Lipinski definition) is 3. The summed E-state index contributed by atoms with van der Waals surface area (Å²) < 4.78 is 0. The maximum Gasteiger partial charge on any atom is 0.156 e. The topological polar surface area (TPSA) is 37.8 Å². The van der Waals surface area contributed by atoms with Crippen LogP contribution in [0.4, 0.5) is 5.82 Å². The molecule has 1 aromatic carbocycles. The van der Waals surface area contributed by atoms with E-state index < -0.39 is 0 Å². The first-order chi connectivity index (χ1) is 9.11. The molecule has 0 fully saturated rings. The quantitative estimate of drug-likeness (QED) is 0.840. The number of nitrogens with zero attached hydrogens (tertiary/aromatic N) is 2. The van der Waals surface area contributed by atoms with Crippen molar-refractivity contribution >= 4 is 28.2 Å². The molecule has 102 valence electrons. The van der Waals surface area contributed by atoms with Crippen molar-refractivity contribution in [3.8, 4) is 0 Å². The lowest BCUT2D eigenvalue weighted by molar-refractivity contribution is 0.541.